The van der Waals surface area contributed by atoms with Crippen LogP contribution in [0.5, 0.6) is 0 Å². The van der Waals surface area contributed by atoms with Gasteiger partial charge < -0.3 is 5.32 Å². The van der Waals surface area contributed by atoms with E-state index < -0.39 is 28.3 Å². The van der Waals surface area contributed by atoms with Gasteiger partial charge in [-0.15, -0.1) is 0 Å². The van der Waals surface area contributed by atoms with Crippen LogP contribution in [0.4, 0.5) is 10.1 Å². The van der Waals surface area contributed by atoms with Crippen LogP contribution in [0.3, 0.4) is 0 Å². The highest BCUT2D eigenvalue weighted by molar-refractivity contribution is 7.92. The van der Waals surface area contributed by atoms with Crippen LogP contribution in [-0.4, -0.2) is 20.9 Å². The maximum Gasteiger partial charge on any atom is 0.264 e. The first kappa shape index (κ1) is 23.5. The number of nitrogens with zero attached hydrogens (tertiary/aromatic N) is 1. The molecular formula is C25H27FN2O3S. The number of para-hydroxylation sites is 1. The zero-order valence-electron chi connectivity index (χ0n) is 18.4. The van der Waals surface area contributed by atoms with E-state index in [-0.39, 0.29) is 16.6 Å². The molecule has 0 aliphatic heterocycles. The van der Waals surface area contributed by atoms with Gasteiger partial charge in [-0.3, -0.25) is 9.10 Å². The molecule has 0 aliphatic carbocycles. The van der Waals surface area contributed by atoms with E-state index in [9.17, 15) is 17.6 Å². The zero-order valence-corrected chi connectivity index (χ0v) is 19.2. The van der Waals surface area contributed by atoms with Gasteiger partial charge >= 0.3 is 0 Å². The lowest BCUT2D eigenvalue weighted by atomic mass is 10.0. The number of hydrogen-bond donors (Lipinski definition) is 1. The van der Waals surface area contributed by atoms with Crippen LogP contribution in [0.15, 0.2) is 77.7 Å². The van der Waals surface area contributed by atoms with Crippen LogP contribution in [0, 0.1) is 19.7 Å². The Labute approximate surface area is 188 Å². The molecule has 1 amide bonds. The van der Waals surface area contributed by atoms with Gasteiger partial charge in [0.25, 0.3) is 10.0 Å². The molecule has 0 aromatic heterocycles. The Morgan fingerprint density at radius 3 is 2.06 bits per heavy atom. The lowest BCUT2D eigenvalue weighted by molar-refractivity contribution is -0.120. The summed E-state index contributed by atoms with van der Waals surface area (Å²) in [6.45, 7) is 5.21. The fourth-order valence-corrected chi connectivity index (χ4v) is 4.81. The predicted molar refractivity (Wildman–Crippen MR) is 124 cm³/mol. The number of rotatable bonds is 8. The third-order valence-corrected chi connectivity index (χ3v) is 7.01. The van der Waals surface area contributed by atoms with E-state index in [1.165, 1.54) is 36.4 Å². The van der Waals surface area contributed by atoms with Crippen LogP contribution in [0.2, 0.25) is 0 Å². The summed E-state index contributed by atoms with van der Waals surface area (Å²) in [6, 6.07) is 19.3. The molecule has 1 atom stereocenters. The van der Waals surface area contributed by atoms with E-state index in [1.54, 1.807) is 12.1 Å². The van der Waals surface area contributed by atoms with Crippen molar-refractivity contribution in [2.75, 3.05) is 10.8 Å². The molecule has 0 unspecified atom stereocenters. The highest BCUT2D eigenvalue weighted by atomic mass is 32.2. The summed E-state index contributed by atoms with van der Waals surface area (Å²) in [6.07, 6.45) is 0.624. The van der Waals surface area contributed by atoms with Crippen molar-refractivity contribution in [3.8, 4) is 0 Å². The van der Waals surface area contributed by atoms with Crippen molar-refractivity contribution in [3.05, 3.63) is 95.3 Å². The quantitative estimate of drug-likeness (QED) is 0.526. The fourth-order valence-electron chi connectivity index (χ4n) is 3.38. The average molecular weight is 455 g/mol. The van der Waals surface area contributed by atoms with Crippen LogP contribution >= 0.6 is 0 Å². The van der Waals surface area contributed by atoms with Gasteiger partial charge in [0.05, 0.1) is 16.6 Å². The summed E-state index contributed by atoms with van der Waals surface area (Å²) in [5.41, 5.74) is 2.74. The number of anilines is 1. The fraction of sp³-hybridized carbons (Fsp3) is 0.240. The number of nitrogens with one attached hydrogen (secondary N) is 1. The van der Waals surface area contributed by atoms with Crippen molar-refractivity contribution in [2.45, 2.75) is 38.1 Å². The SMILES string of the molecule is CC[C@H](NC(=O)CN(c1ccccc1F)S(=O)(=O)c1ccc(C)cc1)c1ccc(C)cc1. The first-order valence-electron chi connectivity index (χ1n) is 10.4. The molecule has 0 fully saturated rings. The Balaban J connectivity index is 1.92. The Kier molecular flexibility index (Phi) is 7.30. The van der Waals surface area contributed by atoms with Crippen LogP contribution in [-0.2, 0) is 14.8 Å². The maximum absolute atomic E-state index is 14.6. The topological polar surface area (TPSA) is 66.5 Å². The molecule has 0 heterocycles. The van der Waals surface area contributed by atoms with Gasteiger partial charge in [0.2, 0.25) is 5.91 Å². The van der Waals surface area contributed by atoms with Gasteiger partial charge in [0.1, 0.15) is 12.4 Å². The van der Waals surface area contributed by atoms with Crippen molar-refractivity contribution in [2.24, 2.45) is 0 Å². The Morgan fingerprint density at radius 2 is 1.50 bits per heavy atom. The lowest BCUT2D eigenvalue weighted by Gasteiger charge is -2.26. The van der Waals surface area contributed by atoms with E-state index in [1.807, 2.05) is 45.0 Å². The zero-order chi connectivity index (χ0) is 23.3. The highest BCUT2D eigenvalue weighted by Crippen LogP contribution is 2.26. The molecule has 3 aromatic carbocycles. The molecule has 0 spiro atoms. The van der Waals surface area contributed by atoms with E-state index >= 15 is 0 Å². The molecule has 0 radical (unpaired) electrons. The highest BCUT2D eigenvalue weighted by Gasteiger charge is 2.29. The number of halogens is 1. The van der Waals surface area contributed by atoms with Crippen molar-refractivity contribution < 1.29 is 17.6 Å². The summed E-state index contributed by atoms with van der Waals surface area (Å²) < 4.78 is 42.2. The first-order valence-corrected chi connectivity index (χ1v) is 11.9. The maximum atomic E-state index is 14.6. The summed E-state index contributed by atoms with van der Waals surface area (Å²) in [5.74, 6) is -1.24. The molecule has 0 saturated heterocycles. The number of benzene rings is 3. The molecule has 7 heteroatoms. The average Bonchev–Trinajstić information content (AvgIpc) is 2.77. The normalized spacial score (nSPS) is 12.2. The third kappa shape index (κ3) is 5.34. The van der Waals surface area contributed by atoms with Crippen molar-refractivity contribution in [3.63, 3.8) is 0 Å². The van der Waals surface area contributed by atoms with Crippen molar-refractivity contribution in [1.29, 1.82) is 0 Å². The third-order valence-electron chi connectivity index (χ3n) is 5.24. The smallest absolute Gasteiger partial charge is 0.264 e. The Bertz CT molecular complexity index is 1180. The number of sulfonamides is 1. The molecule has 168 valence electrons. The molecule has 32 heavy (non-hydrogen) atoms. The van der Waals surface area contributed by atoms with Crippen molar-refractivity contribution >= 4 is 21.6 Å². The van der Waals surface area contributed by atoms with Gasteiger partial charge in [-0.25, -0.2) is 12.8 Å². The van der Waals surface area contributed by atoms with Crippen LogP contribution in [0.25, 0.3) is 0 Å². The minimum atomic E-state index is -4.17. The summed E-state index contributed by atoms with van der Waals surface area (Å²) >= 11 is 0. The number of carbonyl (C=O) groups excluding carboxylic acids is 1. The second-order valence-electron chi connectivity index (χ2n) is 7.72. The first-order chi connectivity index (χ1) is 15.2. The minimum absolute atomic E-state index is 0.00951. The van der Waals surface area contributed by atoms with Gasteiger partial charge in [-0.2, -0.15) is 0 Å². The molecule has 0 saturated carbocycles. The molecule has 0 aliphatic rings. The van der Waals surface area contributed by atoms with Gasteiger partial charge in [0.15, 0.2) is 0 Å². The molecule has 0 bridgehead atoms. The summed E-state index contributed by atoms with van der Waals surface area (Å²) in [5, 5.41) is 2.89. The van der Waals surface area contributed by atoms with Gasteiger partial charge in [0, 0.05) is 0 Å². The van der Waals surface area contributed by atoms with E-state index in [4.69, 9.17) is 0 Å². The Hall–Kier alpha value is -3.19. The molecule has 1 N–H and O–H groups in total. The number of amides is 1. The number of aryl methyl sites for hydroxylation is 2. The summed E-state index contributed by atoms with van der Waals surface area (Å²) in [7, 11) is -4.17. The standard InChI is InChI=1S/C25H27FN2O3S/c1-4-23(20-13-9-18(2)10-14-20)27-25(29)17-28(24-8-6-5-7-22(24)26)32(30,31)21-15-11-19(3)12-16-21/h5-16,23H,4,17H2,1-3H3,(H,27,29)/t23-/m0/s1. The van der Waals surface area contributed by atoms with E-state index in [2.05, 4.69) is 5.32 Å². The molecule has 5 nitrogen and oxygen atoms in total. The molecule has 3 aromatic rings. The number of carbonyl (C=O) groups is 1. The second-order valence-corrected chi connectivity index (χ2v) is 9.58. The van der Waals surface area contributed by atoms with Gasteiger partial charge in [-0.05, 0) is 50.1 Å². The largest absolute Gasteiger partial charge is 0.348 e. The number of hydrogen-bond acceptors (Lipinski definition) is 3. The monoisotopic (exact) mass is 454 g/mol. The van der Waals surface area contributed by atoms with Gasteiger partial charge in [-0.1, -0.05) is 66.6 Å². The van der Waals surface area contributed by atoms with Crippen LogP contribution < -0.4 is 9.62 Å². The molecular weight excluding hydrogens is 427 g/mol. The second kappa shape index (κ2) is 9.96. The van der Waals surface area contributed by atoms with E-state index in [0.717, 1.165) is 21.0 Å². The minimum Gasteiger partial charge on any atom is -0.348 e. The van der Waals surface area contributed by atoms with Crippen LogP contribution in [0.1, 0.15) is 36.1 Å². The van der Waals surface area contributed by atoms with E-state index in [0.29, 0.717) is 6.42 Å². The summed E-state index contributed by atoms with van der Waals surface area (Å²) in [4.78, 5) is 12.9. The van der Waals surface area contributed by atoms with Crippen molar-refractivity contribution in [1.82, 2.24) is 5.32 Å². The predicted octanol–water partition coefficient (Wildman–Crippen LogP) is 4.91. The lowest BCUT2D eigenvalue weighted by Crippen LogP contribution is -2.42. The Morgan fingerprint density at radius 1 is 0.938 bits per heavy atom. The molecule has 3 rings (SSSR count).